The summed E-state index contributed by atoms with van der Waals surface area (Å²) >= 11 is 0. The third-order valence-corrected chi connectivity index (χ3v) is 4.03. The topological polar surface area (TPSA) is 93.9 Å². The van der Waals surface area contributed by atoms with Crippen LogP contribution in [0.15, 0.2) is 4.79 Å². The molecule has 1 saturated heterocycles. The maximum Gasteiger partial charge on any atom is 0.340 e. The Kier molecular flexibility index (Phi) is 5.55. The van der Waals surface area contributed by atoms with Crippen molar-refractivity contribution in [3.8, 4) is 0 Å². The van der Waals surface area contributed by atoms with E-state index in [1.54, 1.807) is 0 Å². The van der Waals surface area contributed by atoms with Gasteiger partial charge in [0.15, 0.2) is 5.82 Å². The molecule has 2 heterocycles. The molecule has 1 aliphatic rings. The van der Waals surface area contributed by atoms with Gasteiger partial charge in [0.05, 0.1) is 6.04 Å². The number of amides is 1. The van der Waals surface area contributed by atoms with Crippen LogP contribution in [-0.4, -0.2) is 45.6 Å². The standard InChI is InChI=1S/C14H25N5O2/c1-3-6-19-7-4-11(5-8-19)9-12(20)15-10(2)13-16-14(21)18-17-13/h10-11H,3-9H2,1-2H3,(H,15,20)(H2,16,17,18,21). The third kappa shape index (κ3) is 4.70. The fourth-order valence-corrected chi connectivity index (χ4v) is 2.85. The van der Waals surface area contributed by atoms with Crippen LogP contribution in [-0.2, 0) is 4.79 Å². The zero-order valence-electron chi connectivity index (χ0n) is 12.8. The average Bonchev–Trinajstić information content (AvgIpc) is 2.88. The van der Waals surface area contributed by atoms with Gasteiger partial charge >= 0.3 is 5.69 Å². The maximum atomic E-state index is 12.1. The molecule has 1 aromatic heterocycles. The summed E-state index contributed by atoms with van der Waals surface area (Å²) in [6.45, 7) is 7.35. The van der Waals surface area contributed by atoms with Crippen LogP contribution in [0, 0.1) is 5.92 Å². The summed E-state index contributed by atoms with van der Waals surface area (Å²) in [5, 5.41) is 9.02. The minimum atomic E-state index is -0.352. The Hall–Kier alpha value is -1.63. The van der Waals surface area contributed by atoms with Crippen molar-refractivity contribution in [2.24, 2.45) is 5.92 Å². The van der Waals surface area contributed by atoms with E-state index in [4.69, 9.17) is 0 Å². The first kappa shape index (κ1) is 15.8. The van der Waals surface area contributed by atoms with Gasteiger partial charge in [0.25, 0.3) is 0 Å². The van der Waals surface area contributed by atoms with Crippen LogP contribution in [0.5, 0.6) is 0 Å². The van der Waals surface area contributed by atoms with Crippen LogP contribution >= 0.6 is 0 Å². The van der Waals surface area contributed by atoms with E-state index in [9.17, 15) is 9.59 Å². The summed E-state index contributed by atoms with van der Waals surface area (Å²) in [5.41, 5.74) is -0.352. The van der Waals surface area contributed by atoms with Crippen molar-refractivity contribution < 1.29 is 4.79 Å². The average molecular weight is 295 g/mol. The van der Waals surface area contributed by atoms with Crippen LogP contribution in [0.4, 0.5) is 0 Å². The number of likely N-dealkylation sites (tertiary alicyclic amines) is 1. The fraction of sp³-hybridized carbons (Fsp3) is 0.786. The molecule has 0 bridgehead atoms. The molecule has 0 aliphatic carbocycles. The summed E-state index contributed by atoms with van der Waals surface area (Å²) in [6.07, 6.45) is 3.91. The zero-order chi connectivity index (χ0) is 15.2. The Bertz CT molecular complexity index is 501. The lowest BCUT2D eigenvalue weighted by molar-refractivity contribution is -0.123. The van der Waals surface area contributed by atoms with E-state index in [2.05, 4.69) is 32.3 Å². The number of aromatic nitrogens is 3. The molecule has 7 heteroatoms. The van der Waals surface area contributed by atoms with E-state index in [0.717, 1.165) is 32.5 Å². The molecule has 1 unspecified atom stereocenters. The van der Waals surface area contributed by atoms with Crippen LogP contribution in [0.2, 0.25) is 0 Å². The number of carbonyl (C=O) groups is 1. The predicted octanol–water partition coefficient (Wildman–Crippen LogP) is 0.787. The van der Waals surface area contributed by atoms with Crippen molar-refractivity contribution in [2.45, 2.75) is 45.6 Å². The molecule has 3 N–H and O–H groups in total. The molecule has 0 aromatic carbocycles. The SMILES string of the molecule is CCCN1CCC(CC(=O)NC(C)c2n[nH]c(=O)[nH]2)CC1. The van der Waals surface area contributed by atoms with Gasteiger partial charge in [-0.25, -0.2) is 9.89 Å². The molecule has 0 saturated carbocycles. The Labute approximate surface area is 124 Å². The van der Waals surface area contributed by atoms with E-state index in [1.807, 2.05) is 6.92 Å². The second-order valence-electron chi connectivity index (χ2n) is 5.84. The first-order chi connectivity index (χ1) is 10.1. The summed E-state index contributed by atoms with van der Waals surface area (Å²) < 4.78 is 0. The number of piperidine rings is 1. The number of nitrogens with one attached hydrogen (secondary N) is 3. The molecule has 1 fully saturated rings. The highest BCUT2D eigenvalue weighted by Gasteiger charge is 2.22. The summed E-state index contributed by atoms with van der Waals surface area (Å²) in [5.74, 6) is 0.954. The largest absolute Gasteiger partial charge is 0.346 e. The molecule has 1 aromatic rings. The van der Waals surface area contributed by atoms with Gasteiger partial charge < -0.3 is 10.2 Å². The normalized spacial score (nSPS) is 18.6. The van der Waals surface area contributed by atoms with Crippen molar-refractivity contribution in [3.63, 3.8) is 0 Å². The van der Waals surface area contributed by atoms with Gasteiger partial charge in [0, 0.05) is 6.42 Å². The maximum absolute atomic E-state index is 12.1. The van der Waals surface area contributed by atoms with Gasteiger partial charge in [-0.2, -0.15) is 5.10 Å². The minimum Gasteiger partial charge on any atom is -0.346 e. The molecule has 2 rings (SSSR count). The first-order valence-electron chi connectivity index (χ1n) is 7.74. The number of rotatable bonds is 6. The summed E-state index contributed by atoms with van der Waals surface area (Å²) in [7, 11) is 0. The number of hydrogen-bond donors (Lipinski definition) is 3. The molecule has 118 valence electrons. The van der Waals surface area contributed by atoms with Crippen molar-refractivity contribution in [3.05, 3.63) is 16.3 Å². The van der Waals surface area contributed by atoms with E-state index < -0.39 is 0 Å². The van der Waals surface area contributed by atoms with Crippen molar-refractivity contribution in [1.82, 2.24) is 25.4 Å². The second-order valence-corrected chi connectivity index (χ2v) is 5.84. The molecule has 1 aliphatic heterocycles. The van der Waals surface area contributed by atoms with E-state index in [1.165, 1.54) is 6.42 Å². The van der Waals surface area contributed by atoms with Gasteiger partial charge in [0.1, 0.15) is 0 Å². The van der Waals surface area contributed by atoms with Crippen LogP contribution in [0.3, 0.4) is 0 Å². The quantitative estimate of drug-likeness (QED) is 0.723. The molecule has 21 heavy (non-hydrogen) atoms. The number of nitrogens with zero attached hydrogens (tertiary/aromatic N) is 2. The highest BCUT2D eigenvalue weighted by molar-refractivity contribution is 5.76. The predicted molar refractivity (Wildman–Crippen MR) is 79.8 cm³/mol. The van der Waals surface area contributed by atoms with Crippen LogP contribution in [0.25, 0.3) is 0 Å². The van der Waals surface area contributed by atoms with E-state index in [0.29, 0.717) is 18.2 Å². The highest BCUT2D eigenvalue weighted by atomic mass is 16.2. The van der Waals surface area contributed by atoms with Crippen LogP contribution in [0.1, 0.15) is 51.4 Å². The molecular formula is C14H25N5O2. The molecule has 0 radical (unpaired) electrons. The molecule has 1 amide bonds. The zero-order valence-corrected chi connectivity index (χ0v) is 12.8. The number of hydrogen-bond acceptors (Lipinski definition) is 4. The smallest absolute Gasteiger partial charge is 0.340 e. The lowest BCUT2D eigenvalue weighted by Gasteiger charge is -2.31. The van der Waals surface area contributed by atoms with Gasteiger partial charge in [0.2, 0.25) is 5.91 Å². The van der Waals surface area contributed by atoms with Gasteiger partial charge in [-0.3, -0.25) is 9.78 Å². The van der Waals surface area contributed by atoms with Gasteiger partial charge in [-0.05, 0) is 51.7 Å². The summed E-state index contributed by atoms with van der Waals surface area (Å²) in [4.78, 5) is 28.1. The lowest BCUT2D eigenvalue weighted by atomic mass is 9.93. The highest BCUT2D eigenvalue weighted by Crippen LogP contribution is 2.20. The molecule has 7 nitrogen and oxygen atoms in total. The number of aromatic amines is 2. The summed E-state index contributed by atoms with van der Waals surface area (Å²) in [6, 6.07) is -0.281. The van der Waals surface area contributed by atoms with Gasteiger partial charge in [-0.1, -0.05) is 6.92 Å². The molecular weight excluding hydrogens is 270 g/mol. The minimum absolute atomic E-state index is 0.0280. The fourth-order valence-electron chi connectivity index (χ4n) is 2.85. The van der Waals surface area contributed by atoms with Gasteiger partial charge in [-0.15, -0.1) is 0 Å². The van der Waals surface area contributed by atoms with Crippen molar-refractivity contribution in [2.75, 3.05) is 19.6 Å². The van der Waals surface area contributed by atoms with Crippen molar-refractivity contribution >= 4 is 5.91 Å². The Morgan fingerprint density at radius 1 is 1.48 bits per heavy atom. The van der Waals surface area contributed by atoms with Crippen LogP contribution < -0.4 is 11.0 Å². The van der Waals surface area contributed by atoms with E-state index >= 15 is 0 Å². The Morgan fingerprint density at radius 3 is 2.76 bits per heavy atom. The Morgan fingerprint density at radius 2 is 2.19 bits per heavy atom. The second kappa shape index (κ2) is 7.40. The number of H-pyrrole nitrogens is 2. The van der Waals surface area contributed by atoms with Crippen molar-refractivity contribution in [1.29, 1.82) is 0 Å². The monoisotopic (exact) mass is 295 g/mol. The molecule has 0 spiro atoms. The number of carbonyl (C=O) groups excluding carboxylic acids is 1. The van der Waals surface area contributed by atoms with E-state index in [-0.39, 0.29) is 17.6 Å². The lowest BCUT2D eigenvalue weighted by Crippen LogP contribution is -2.36. The third-order valence-electron chi connectivity index (χ3n) is 4.03. The first-order valence-corrected chi connectivity index (χ1v) is 7.74. The molecule has 1 atom stereocenters. The Balaban J connectivity index is 1.74.